The maximum atomic E-state index is 12.7. The average molecular weight is 523 g/mol. The highest BCUT2D eigenvalue weighted by Crippen LogP contribution is 2.39. The molecule has 0 fully saturated rings. The van der Waals surface area contributed by atoms with E-state index in [4.69, 9.17) is 0 Å². The Kier molecular flexibility index (Phi) is 10.5. The number of phenols is 1. The molecule has 210 valence electrons. The lowest BCUT2D eigenvalue weighted by Crippen LogP contribution is -2.24. The number of benzene rings is 2. The zero-order valence-electron chi connectivity index (χ0n) is 26.1. The number of carbonyl (C=O) groups is 3. The van der Waals surface area contributed by atoms with Gasteiger partial charge in [-0.05, 0) is 63.5 Å². The summed E-state index contributed by atoms with van der Waals surface area (Å²) in [5.41, 5.74) is 5.02. The predicted octanol–water partition coefficient (Wildman–Crippen LogP) is 8.88. The molecule has 0 aliphatic rings. The quantitative estimate of drug-likeness (QED) is 0.314. The van der Waals surface area contributed by atoms with Crippen molar-refractivity contribution in [3.8, 4) is 5.75 Å². The predicted molar refractivity (Wildman–Crippen MR) is 159 cm³/mol. The van der Waals surface area contributed by atoms with Gasteiger partial charge in [-0.15, -0.1) is 0 Å². The molecule has 0 aliphatic carbocycles. The molecule has 0 heterocycles. The van der Waals surface area contributed by atoms with Crippen molar-refractivity contribution in [3.05, 3.63) is 63.2 Å². The molecule has 4 heteroatoms. The summed E-state index contributed by atoms with van der Waals surface area (Å²) in [6.45, 7) is 26.7. The Labute approximate surface area is 231 Å². The topological polar surface area (TPSA) is 71.4 Å². The molecule has 1 N–H and O–H groups in total. The number of phenolic OH excluding ortho intramolecular Hbond substituents is 1. The summed E-state index contributed by atoms with van der Waals surface area (Å²) in [6.07, 6.45) is 3.09. The molecule has 38 heavy (non-hydrogen) atoms. The third-order valence-electron chi connectivity index (χ3n) is 6.55. The van der Waals surface area contributed by atoms with E-state index in [9.17, 15) is 19.5 Å². The van der Waals surface area contributed by atoms with Crippen LogP contribution in [-0.2, 0) is 21.7 Å². The molecule has 0 aromatic heterocycles. The second-order valence-electron chi connectivity index (χ2n) is 14.4. The molecular weight excluding hydrogens is 472 g/mol. The zero-order valence-corrected chi connectivity index (χ0v) is 26.1. The number of aldehydes is 2. The summed E-state index contributed by atoms with van der Waals surface area (Å²) in [5, 5.41) is 10.4. The normalized spacial score (nSPS) is 12.4. The molecule has 0 aliphatic heterocycles. The van der Waals surface area contributed by atoms with E-state index in [-0.39, 0.29) is 27.4 Å². The Bertz CT molecular complexity index is 1090. The number of hydrogen-bond donors (Lipinski definition) is 1. The van der Waals surface area contributed by atoms with Crippen molar-refractivity contribution in [2.75, 3.05) is 0 Å². The van der Waals surface area contributed by atoms with Gasteiger partial charge < -0.3 is 5.11 Å². The summed E-state index contributed by atoms with van der Waals surface area (Å²) in [6, 6.07) is 7.31. The SMILES string of the molecule is CC(C)(C)c1cc(C=O)cc(C(C)(C)C)c1O.CCCC(=O)c1c(C(C)(C)C)cc(C=O)cc1C(C)(C)C. The van der Waals surface area contributed by atoms with Crippen molar-refractivity contribution >= 4 is 18.4 Å². The third-order valence-corrected chi connectivity index (χ3v) is 6.55. The lowest BCUT2D eigenvalue weighted by molar-refractivity contribution is 0.0976. The molecule has 0 radical (unpaired) electrons. The van der Waals surface area contributed by atoms with E-state index in [2.05, 4.69) is 41.5 Å². The van der Waals surface area contributed by atoms with Gasteiger partial charge in [-0.25, -0.2) is 0 Å². The van der Waals surface area contributed by atoms with Crippen LogP contribution in [0.3, 0.4) is 0 Å². The molecule has 2 aromatic rings. The van der Waals surface area contributed by atoms with E-state index in [0.717, 1.165) is 46.8 Å². The van der Waals surface area contributed by atoms with Gasteiger partial charge in [0.2, 0.25) is 0 Å². The van der Waals surface area contributed by atoms with Crippen molar-refractivity contribution in [2.45, 2.75) is 125 Å². The molecular formula is C34H50O4. The van der Waals surface area contributed by atoms with Crippen molar-refractivity contribution < 1.29 is 19.5 Å². The van der Waals surface area contributed by atoms with Crippen LogP contribution in [0, 0.1) is 0 Å². The zero-order chi connectivity index (χ0) is 29.9. The first-order chi connectivity index (χ1) is 17.1. The third kappa shape index (κ3) is 8.38. The van der Waals surface area contributed by atoms with E-state index in [1.165, 1.54) is 0 Å². The number of carbonyl (C=O) groups excluding carboxylic acids is 3. The van der Waals surface area contributed by atoms with E-state index in [0.29, 0.717) is 23.3 Å². The Balaban J connectivity index is 0.000000389. The van der Waals surface area contributed by atoms with Crippen LogP contribution in [0.4, 0.5) is 0 Å². The van der Waals surface area contributed by atoms with Crippen LogP contribution in [-0.4, -0.2) is 23.5 Å². The standard InChI is InChI=1S/C19H28O2.C15H22O2/c1-8-9-16(21)17-14(18(2,3)4)10-13(12-20)11-15(17)19(5,6)7;1-14(2,3)11-7-10(9-16)8-12(13(11)17)15(4,5)6/h10-12H,8-9H2,1-7H3;7-9,17H,1-6H3. The highest BCUT2D eigenvalue weighted by atomic mass is 16.3. The fourth-order valence-corrected chi connectivity index (χ4v) is 4.44. The molecule has 0 bridgehead atoms. The minimum absolute atomic E-state index is 0.169. The summed E-state index contributed by atoms with van der Waals surface area (Å²) in [5.74, 6) is 0.500. The number of hydrogen-bond acceptors (Lipinski definition) is 4. The number of rotatable bonds is 5. The second-order valence-corrected chi connectivity index (χ2v) is 14.4. The summed E-state index contributed by atoms with van der Waals surface area (Å²) in [4.78, 5) is 35.0. The average Bonchev–Trinajstić information content (AvgIpc) is 2.76. The van der Waals surface area contributed by atoms with Gasteiger partial charge in [0.15, 0.2) is 5.78 Å². The van der Waals surface area contributed by atoms with E-state index >= 15 is 0 Å². The maximum absolute atomic E-state index is 12.7. The van der Waals surface area contributed by atoms with Gasteiger partial charge in [-0.1, -0.05) is 90.0 Å². The van der Waals surface area contributed by atoms with Gasteiger partial charge in [-0.3, -0.25) is 14.4 Å². The van der Waals surface area contributed by atoms with E-state index < -0.39 is 0 Å². The van der Waals surface area contributed by atoms with Crippen molar-refractivity contribution in [3.63, 3.8) is 0 Å². The monoisotopic (exact) mass is 522 g/mol. The molecule has 2 aromatic carbocycles. The van der Waals surface area contributed by atoms with Gasteiger partial charge >= 0.3 is 0 Å². The molecule has 0 atom stereocenters. The van der Waals surface area contributed by atoms with Gasteiger partial charge in [-0.2, -0.15) is 0 Å². The fraction of sp³-hybridized carbons (Fsp3) is 0.559. The molecule has 0 spiro atoms. The Morgan fingerprint density at radius 2 is 0.921 bits per heavy atom. The molecule has 0 amide bonds. The van der Waals surface area contributed by atoms with Crippen molar-refractivity contribution in [1.82, 2.24) is 0 Å². The lowest BCUT2D eigenvalue weighted by atomic mass is 9.74. The molecule has 0 saturated carbocycles. The smallest absolute Gasteiger partial charge is 0.163 e. The van der Waals surface area contributed by atoms with Crippen LogP contribution in [0.1, 0.15) is 156 Å². The largest absolute Gasteiger partial charge is 0.507 e. The Hall–Kier alpha value is -2.75. The van der Waals surface area contributed by atoms with Crippen LogP contribution in [0.2, 0.25) is 0 Å². The first-order valence-electron chi connectivity index (χ1n) is 13.6. The lowest BCUT2D eigenvalue weighted by Gasteiger charge is -2.30. The Morgan fingerprint density at radius 3 is 1.16 bits per heavy atom. The number of aromatic hydroxyl groups is 1. The number of Topliss-reactive ketones (excluding diaryl/α,β-unsaturated/α-hetero) is 1. The summed E-state index contributed by atoms with van der Waals surface area (Å²) < 4.78 is 0. The Morgan fingerprint density at radius 1 is 0.632 bits per heavy atom. The highest BCUT2D eigenvalue weighted by molar-refractivity contribution is 6.00. The van der Waals surface area contributed by atoms with Gasteiger partial charge in [0, 0.05) is 34.2 Å². The van der Waals surface area contributed by atoms with Gasteiger partial charge in [0.05, 0.1) is 0 Å². The van der Waals surface area contributed by atoms with E-state index in [1.54, 1.807) is 12.1 Å². The highest BCUT2D eigenvalue weighted by Gasteiger charge is 2.30. The fourth-order valence-electron chi connectivity index (χ4n) is 4.44. The maximum Gasteiger partial charge on any atom is 0.163 e. The van der Waals surface area contributed by atoms with Gasteiger partial charge in [0.1, 0.15) is 18.3 Å². The summed E-state index contributed by atoms with van der Waals surface area (Å²) in [7, 11) is 0. The molecule has 4 nitrogen and oxygen atoms in total. The minimum atomic E-state index is -0.177. The first-order valence-corrected chi connectivity index (χ1v) is 13.6. The van der Waals surface area contributed by atoms with Crippen LogP contribution < -0.4 is 0 Å². The molecule has 0 unspecified atom stereocenters. The number of ketones is 1. The van der Waals surface area contributed by atoms with Crippen LogP contribution in [0.25, 0.3) is 0 Å². The van der Waals surface area contributed by atoms with E-state index in [1.807, 2.05) is 60.6 Å². The first kappa shape index (κ1) is 33.3. The van der Waals surface area contributed by atoms with Gasteiger partial charge in [0.25, 0.3) is 0 Å². The summed E-state index contributed by atoms with van der Waals surface area (Å²) >= 11 is 0. The second kappa shape index (κ2) is 12.0. The molecule has 2 rings (SSSR count). The van der Waals surface area contributed by atoms with Crippen LogP contribution in [0.15, 0.2) is 24.3 Å². The van der Waals surface area contributed by atoms with Crippen molar-refractivity contribution in [1.29, 1.82) is 0 Å². The van der Waals surface area contributed by atoms with Crippen LogP contribution >= 0.6 is 0 Å². The molecule has 0 saturated heterocycles. The minimum Gasteiger partial charge on any atom is -0.507 e. The van der Waals surface area contributed by atoms with Crippen molar-refractivity contribution in [2.24, 2.45) is 0 Å². The van der Waals surface area contributed by atoms with Crippen LogP contribution in [0.5, 0.6) is 5.75 Å².